The van der Waals surface area contributed by atoms with Crippen LogP contribution >= 0.6 is 0 Å². The molecular formula is C14H21NO5. The number of carboxylic acid groups (broad SMARTS) is 1. The van der Waals surface area contributed by atoms with Crippen molar-refractivity contribution in [2.24, 2.45) is 0 Å². The van der Waals surface area contributed by atoms with Gasteiger partial charge in [0, 0.05) is 27.3 Å². The third kappa shape index (κ3) is 5.56. The average Bonchev–Trinajstić information content (AvgIpc) is 2.46. The second-order valence-corrected chi connectivity index (χ2v) is 4.17. The molecule has 0 aliphatic rings. The van der Waals surface area contributed by atoms with Crippen LogP contribution < -0.4 is 10.1 Å². The molecule has 0 bridgehead atoms. The van der Waals surface area contributed by atoms with Gasteiger partial charge in [-0.3, -0.25) is 0 Å². The maximum atomic E-state index is 11.0. The molecule has 1 aromatic rings. The summed E-state index contributed by atoms with van der Waals surface area (Å²) in [7, 11) is 3.25. The molecule has 0 aliphatic heterocycles. The van der Waals surface area contributed by atoms with Gasteiger partial charge in [0.05, 0.1) is 12.7 Å². The molecule has 112 valence electrons. The monoisotopic (exact) mass is 283 g/mol. The molecule has 20 heavy (non-hydrogen) atoms. The van der Waals surface area contributed by atoms with Gasteiger partial charge in [-0.25, -0.2) is 4.79 Å². The predicted molar refractivity (Wildman–Crippen MR) is 74.4 cm³/mol. The molecule has 2 N–H and O–H groups in total. The molecule has 1 aromatic carbocycles. The Bertz CT molecular complexity index is 410. The Kier molecular flexibility index (Phi) is 7.64. The van der Waals surface area contributed by atoms with Crippen molar-refractivity contribution in [3.8, 4) is 5.75 Å². The number of benzene rings is 1. The molecule has 0 saturated carbocycles. The van der Waals surface area contributed by atoms with Crippen LogP contribution in [0.3, 0.4) is 0 Å². The van der Waals surface area contributed by atoms with Crippen molar-refractivity contribution >= 4 is 5.97 Å². The first-order valence-electron chi connectivity index (χ1n) is 6.36. The van der Waals surface area contributed by atoms with Gasteiger partial charge in [0.1, 0.15) is 17.9 Å². The van der Waals surface area contributed by atoms with E-state index in [-0.39, 0.29) is 11.7 Å². The standard InChI is InChI=1S/C14H21NO5/c1-18-10-11(19-2)9-15-7-8-20-13-6-4-3-5-12(13)14(16)17/h3-6,11,15H,7-10H2,1-2H3,(H,16,17). The zero-order valence-electron chi connectivity index (χ0n) is 11.8. The molecule has 1 atom stereocenters. The highest BCUT2D eigenvalue weighted by Gasteiger charge is 2.10. The van der Waals surface area contributed by atoms with Crippen molar-refractivity contribution in [2.75, 3.05) is 40.5 Å². The van der Waals surface area contributed by atoms with E-state index in [1.807, 2.05) is 0 Å². The number of hydrogen-bond acceptors (Lipinski definition) is 5. The average molecular weight is 283 g/mol. The van der Waals surface area contributed by atoms with Crippen LogP contribution in [0.1, 0.15) is 10.4 Å². The number of para-hydroxylation sites is 1. The van der Waals surface area contributed by atoms with E-state index in [1.54, 1.807) is 32.4 Å². The highest BCUT2D eigenvalue weighted by atomic mass is 16.5. The van der Waals surface area contributed by atoms with Gasteiger partial charge in [-0.2, -0.15) is 0 Å². The summed E-state index contributed by atoms with van der Waals surface area (Å²) >= 11 is 0. The normalized spacial score (nSPS) is 12.1. The molecule has 0 spiro atoms. The van der Waals surface area contributed by atoms with Crippen LogP contribution in [0.15, 0.2) is 24.3 Å². The van der Waals surface area contributed by atoms with E-state index in [4.69, 9.17) is 19.3 Å². The molecular weight excluding hydrogens is 262 g/mol. The van der Waals surface area contributed by atoms with Crippen LogP contribution in [0.25, 0.3) is 0 Å². The second-order valence-electron chi connectivity index (χ2n) is 4.17. The number of carbonyl (C=O) groups is 1. The van der Waals surface area contributed by atoms with Crippen LogP contribution in [-0.2, 0) is 9.47 Å². The van der Waals surface area contributed by atoms with Crippen LogP contribution in [0.4, 0.5) is 0 Å². The lowest BCUT2D eigenvalue weighted by Crippen LogP contribution is -2.34. The van der Waals surface area contributed by atoms with E-state index in [9.17, 15) is 4.79 Å². The minimum Gasteiger partial charge on any atom is -0.491 e. The number of methoxy groups -OCH3 is 2. The fourth-order valence-electron chi connectivity index (χ4n) is 1.66. The third-order valence-electron chi connectivity index (χ3n) is 2.71. The van der Waals surface area contributed by atoms with E-state index < -0.39 is 5.97 Å². The Morgan fingerprint density at radius 2 is 2.10 bits per heavy atom. The minimum absolute atomic E-state index is 0.00805. The molecule has 0 aliphatic carbocycles. The molecule has 1 rings (SSSR count). The van der Waals surface area contributed by atoms with E-state index in [2.05, 4.69) is 5.32 Å². The Morgan fingerprint density at radius 3 is 2.75 bits per heavy atom. The van der Waals surface area contributed by atoms with Crippen molar-refractivity contribution in [3.05, 3.63) is 29.8 Å². The summed E-state index contributed by atoms with van der Waals surface area (Å²) in [4.78, 5) is 11.0. The zero-order valence-corrected chi connectivity index (χ0v) is 11.8. The van der Waals surface area contributed by atoms with Gasteiger partial charge < -0.3 is 24.6 Å². The molecule has 0 saturated heterocycles. The van der Waals surface area contributed by atoms with Crippen molar-refractivity contribution in [2.45, 2.75) is 6.10 Å². The van der Waals surface area contributed by atoms with Gasteiger partial charge in [-0.15, -0.1) is 0 Å². The third-order valence-corrected chi connectivity index (χ3v) is 2.71. The molecule has 0 heterocycles. The molecule has 1 unspecified atom stereocenters. The van der Waals surface area contributed by atoms with Gasteiger partial charge in [0.2, 0.25) is 0 Å². The highest BCUT2D eigenvalue weighted by Crippen LogP contribution is 2.17. The zero-order chi connectivity index (χ0) is 14.8. The van der Waals surface area contributed by atoms with Crippen LogP contribution in [0.5, 0.6) is 5.75 Å². The fraction of sp³-hybridized carbons (Fsp3) is 0.500. The molecule has 0 fully saturated rings. The second kappa shape index (κ2) is 9.30. The van der Waals surface area contributed by atoms with Crippen molar-refractivity contribution < 1.29 is 24.1 Å². The summed E-state index contributed by atoms with van der Waals surface area (Å²) in [5, 5.41) is 12.2. The topological polar surface area (TPSA) is 77.0 Å². The summed E-state index contributed by atoms with van der Waals surface area (Å²) in [5.41, 5.74) is 0.168. The highest BCUT2D eigenvalue weighted by molar-refractivity contribution is 5.90. The SMILES string of the molecule is COCC(CNCCOc1ccccc1C(=O)O)OC. The van der Waals surface area contributed by atoms with Crippen molar-refractivity contribution in [1.82, 2.24) is 5.32 Å². The predicted octanol–water partition coefficient (Wildman–Crippen LogP) is 1.01. The van der Waals surface area contributed by atoms with E-state index >= 15 is 0 Å². The molecule has 0 amide bonds. The molecule has 0 radical (unpaired) electrons. The van der Waals surface area contributed by atoms with E-state index in [0.717, 1.165) is 0 Å². The maximum absolute atomic E-state index is 11.0. The van der Waals surface area contributed by atoms with Crippen molar-refractivity contribution in [3.63, 3.8) is 0 Å². The Labute approximate surface area is 118 Å². The van der Waals surface area contributed by atoms with Gasteiger partial charge >= 0.3 is 5.97 Å². The largest absolute Gasteiger partial charge is 0.491 e. The number of aromatic carboxylic acids is 1. The summed E-state index contributed by atoms with van der Waals surface area (Å²) in [6.45, 7) is 2.14. The van der Waals surface area contributed by atoms with Gasteiger partial charge in [-0.05, 0) is 12.1 Å². The number of rotatable bonds is 10. The summed E-state index contributed by atoms with van der Waals surface area (Å²) < 4.78 is 15.7. The number of hydrogen-bond donors (Lipinski definition) is 2. The smallest absolute Gasteiger partial charge is 0.339 e. The first kappa shape index (κ1) is 16.4. The first-order chi connectivity index (χ1) is 9.69. The molecule has 6 nitrogen and oxygen atoms in total. The lowest BCUT2D eigenvalue weighted by atomic mass is 10.2. The Morgan fingerprint density at radius 1 is 1.35 bits per heavy atom. The van der Waals surface area contributed by atoms with E-state index in [0.29, 0.717) is 32.1 Å². The Hall–Kier alpha value is -1.63. The van der Waals surface area contributed by atoms with Crippen LogP contribution in [0.2, 0.25) is 0 Å². The summed E-state index contributed by atoms with van der Waals surface area (Å²) in [5.74, 6) is -0.616. The quantitative estimate of drug-likeness (QED) is 0.624. The number of ether oxygens (including phenoxy) is 3. The van der Waals surface area contributed by atoms with Crippen LogP contribution in [0, 0.1) is 0 Å². The van der Waals surface area contributed by atoms with Gasteiger partial charge in [0.25, 0.3) is 0 Å². The fourth-order valence-corrected chi connectivity index (χ4v) is 1.66. The van der Waals surface area contributed by atoms with E-state index in [1.165, 1.54) is 6.07 Å². The van der Waals surface area contributed by atoms with Crippen molar-refractivity contribution in [1.29, 1.82) is 0 Å². The lowest BCUT2D eigenvalue weighted by molar-refractivity contribution is 0.0286. The maximum Gasteiger partial charge on any atom is 0.339 e. The number of carboxylic acids is 1. The lowest BCUT2D eigenvalue weighted by Gasteiger charge is -2.15. The van der Waals surface area contributed by atoms with Gasteiger partial charge in [-0.1, -0.05) is 12.1 Å². The summed E-state index contributed by atoms with van der Waals surface area (Å²) in [6.07, 6.45) is -0.00805. The first-order valence-corrected chi connectivity index (χ1v) is 6.36. The Balaban J connectivity index is 2.29. The minimum atomic E-state index is -0.992. The number of nitrogens with one attached hydrogen (secondary N) is 1. The van der Waals surface area contributed by atoms with Crippen LogP contribution in [-0.4, -0.2) is 57.7 Å². The molecule has 6 heteroatoms. The van der Waals surface area contributed by atoms with Gasteiger partial charge in [0.15, 0.2) is 0 Å². The summed E-state index contributed by atoms with van der Waals surface area (Å²) in [6, 6.07) is 6.58. The molecule has 0 aromatic heterocycles.